The first-order valence-corrected chi connectivity index (χ1v) is 2.70. The van der Waals surface area contributed by atoms with E-state index in [2.05, 4.69) is 4.98 Å². The molecule has 0 atom stereocenters. The lowest BCUT2D eigenvalue weighted by Crippen LogP contribution is -1.96. The molecule has 0 saturated carbocycles. The SMILES string of the molecule is Nc1cccnc1C(F)F. The minimum absolute atomic E-state index is 0.0394. The Morgan fingerprint density at radius 1 is 1.50 bits per heavy atom. The molecule has 2 N–H and O–H groups in total. The van der Waals surface area contributed by atoms with Gasteiger partial charge >= 0.3 is 0 Å². The van der Waals surface area contributed by atoms with Crippen molar-refractivity contribution in [2.24, 2.45) is 0 Å². The fourth-order valence-corrected chi connectivity index (χ4v) is 0.612. The summed E-state index contributed by atoms with van der Waals surface area (Å²) in [6.07, 6.45) is -1.29. The van der Waals surface area contributed by atoms with Gasteiger partial charge in [0.05, 0.1) is 5.69 Å². The van der Waals surface area contributed by atoms with Crippen LogP contribution in [-0.2, 0) is 0 Å². The van der Waals surface area contributed by atoms with E-state index in [0.717, 1.165) is 0 Å². The van der Waals surface area contributed by atoms with Crippen LogP contribution < -0.4 is 5.73 Å². The predicted octanol–water partition coefficient (Wildman–Crippen LogP) is 1.60. The number of halogens is 2. The molecule has 0 radical (unpaired) electrons. The Bertz CT molecular complexity index is 225. The van der Waals surface area contributed by atoms with E-state index in [0.29, 0.717) is 0 Å². The molecule has 4 heteroatoms. The molecule has 54 valence electrons. The number of rotatable bonds is 1. The average Bonchev–Trinajstić information content (AvgIpc) is 1.88. The molecule has 2 nitrogen and oxygen atoms in total. The second-order valence-corrected chi connectivity index (χ2v) is 1.78. The molecule has 1 rings (SSSR count). The summed E-state index contributed by atoms with van der Waals surface area (Å²) in [7, 11) is 0. The lowest BCUT2D eigenvalue weighted by Gasteiger charge is -1.99. The van der Waals surface area contributed by atoms with Gasteiger partial charge in [-0.05, 0) is 12.1 Å². The fourth-order valence-electron chi connectivity index (χ4n) is 0.612. The maximum absolute atomic E-state index is 11.9. The third-order valence-electron chi connectivity index (χ3n) is 1.08. The molecular formula is C6H6F2N2. The van der Waals surface area contributed by atoms with Crippen LogP contribution in [0.5, 0.6) is 0 Å². The van der Waals surface area contributed by atoms with Crippen LogP contribution in [0.2, 0.25) is 0 Å². The van der Waals surface area contributed by atoms with Crippen molar-refractivity contribution in [3.63, 3.8) is 0 Å². The summed E-state index contributed by atoms with van der Waals surface area (Å²) in [5, 5.41) is 0. The highest BCUT2D eigenvalue weighted by Gasteiger charge is 2.10. The van der Waals surface area contributed by atoms with E-state index in [1.165, 1.54) is 18.3 Å². The molecule has 0 aliphatic heterocycles. The van der Waals surface area contributed by atoms with Gasteiger partial charge in [0.2, 0.25) is 0 Å². The molecule has 0 spiro atoms. The van der Waals surface area contributed by atoms with E-state index in [1.807, 2.05) is 0 Å². The van der Waals surface area contributed by atoms with Gasteiger partial charge in [0, 0.05) is 6.20 Å². The van der Waals surface area contributed by atoms with Gasteiger partial charge in [-0.3, -0.25) is 4.98 Å². The number of hydrogen-bond donors (Lipinski definition) is 1. The Kier molecular flexibility index (Phi) is 1.80. The summed E-state index contributed by atoms with van der Waals surface area (Å²) in [4.78, 5) is 3.40. The number of hydrogen-bond acceptors (Lipinski definition) is 2. The van der Waals surface area contributed by atoms with Crippen LogP contribution in [0.1, 0.15) is 12.1 Å². The van der Waals surface area contributed by atoms with Gasteiger partial charge in [0.1, 0.15) is 5.69 Å². The molecule has 0 bridgehead atoms. The number of alkyl halides is 2. The fraction of sp³-hybridized carbons (Fsp3) is 0.167. The maximum atomic E-state index is 11.9. The number of pyridine rings is 1. The molecule has 0 unspecified atom stereocenters. The first kappa shape index (κ1) is 6.92. The largest absolute Gasteiger partial charge is 0.397 e. The van der Waals surface area contributed by atoms with E-state index in [-0.39, 0.29) is 11.4 Å². The second kappa shape index (κ2) is 2.60. The first-order chi connectivity index (χ1) is 4.72. The monoisotopic (exact) mass is 144 g/mol. The Balaban J connectivity index is 3.03. The minimum atomic E-state index is -2.58. The molecule has 0 aromatic carbocycles. The van der Waals surface area contributed by atoms with Crippen LogP contribution in [0.25, 0.3) is 0 Å². The Morgan fingerprint density at radius 3 is 2.60 bits per heavy atom. The Labute approximate surface area is 56.7 Å². The van der Waals surface area contributed by atoms with Gasteiger partial charge in [-0.15, -0.1) is 0 Å². The van der Waals surface area contributed by atoms with Crippen LogP contribution in [0, 0.1) is 0 Å². The molecule has 1 aromatic rings. The van der Waals surface area contributed by atoms with Gasteiger partial charge in [-0.1, -0.05) is 0 Å². The Morgan fingerprint density at radius 2 is 2.20 bits per heavy atom. The van der Waals surface area contributed by atoms with Crippen LogP contribution in [-0.4, -0.2) is 4.98 Å². The average molecular weight is 144 g/mol. The van der Waals surface area contributed by atoms with Gasteiger partial charge < -0.3 is 5.73 Å². The maximum Gasteiger partial charge on any atom is 0.282 e. The molecular weight excluding hydrogens is 138 g/mol. The van der Waals surface area contributed by atoms with Crippen molar-refractivity contribution in [3.8, 4) is 0 Å². The zero-order valence-electron chi connectivity index (χ0n) is 5.09. The van der Waals surface area contributed by atoms with E-state index in [4.69, 9.17) is 5.73 Å². The number of nitrogen functional groups attached to an aromatic ring is 1. The zero-order chi connectivity index (χ0) is 7.56. The van der Waals surface area contributed by atoms with E-state index >= 15 is 0 Å². The van der Waals surface area contributed by atoms with Crippen molar-refractivity contribution >= 4 is 5.69 Å². The zero-order valence-corrected chi connectivity index (χ0v) is 5.09. The van der Waals surface area contributed by atoms with Crippen LogP contribution in [0.15, 0.2) is 18.3 Å². The van der Waals surface area contributed by atoms with Gasteiger partial charge in [0.15, 0.2) is 0 Å². The van der Waals surface area contributed by atoms with Gasteiger partial charge in [0.25, 0.3) is 6.43 Å². The summed E-state index contributed by atoms with van der Waals surface area (Å²) in [6.45, 7) is 0. The third kappa shape index (κ3) is 1.21. The first-order valence-electron chi connectivity index (χ1n) is 2.70. The van der Waals surface area contributed by atoms with Crippen LogP contribution in [0.3, 0.4) is 0 Å². The Hall–Kier alpha value is -1.19. The quantitative estimate of drug-likeness (QED) is 0.650. The van der Waals surface area contributed by atoms with Gasteiger partial charge in [-0.2, -0.15) is 0 Å². The molecule has 0 saturated heterocycles. The lowest BCUT2D eigenvalue weighted by molar-refractivity contribution is 0.147. The number of anilines is 1. The van der Waals surface area contributed by atoms with Crippen LogP contribution >= 0.6 is 0 Å². The topological polar surface area (TPSA) is 38.9 Å². The van der Waals surface area contributed by atoms with E-state index in [1.54, 1.807) is 0 Å². The number of nitrogens with two attached hydrogens (primary N) is 1. The van der Waals surface area contributed by atoms with E-state index in [9.17, 15) is 8.78 Å². The predicted molar refractivity (Wildman–Crippen MR) is 33.6 cm³/mol. The van der Waals surface area contributed by atoms with Crippen molar-refractivity contribution in [1.82, 2.24) is 4.98 Å². The second-order valence-electron chi connectivity index (χ2n) is 1.78. The lowest BCUT2D eigenvalue weighted by atomic mass is 10.3. The number of aromatic nitrogens is 1. The molecule has 0 aliphatic rings. The smallest absolute Gasteiger partial charge is 0.282 e. The van der Waals surface area contributed by atoms with Crippen molar-refractivity contribution in [2.45, 2.75) is 6.43 Å². The minimum Gasteiger partial charge on any atom is -0.397 e. The third-order valence-corrected chi connectivity index (χ3v) is 1.08. The summed E-state index contributed by atoms with van der Waals surface area (Å²) >= 11 is 0. The molecule has 1 heterocycles. The van der Waals surface area contributed by atoms with Crippen molar-refractivity contribution in [2.75, 3.05) is 5.73 Å². The van der Waals surface area contributed by atoms with Gasteiger partial charge in [-0.25, -0.2) is 8.78 Å². The van der Waals surface area contributed by atoms with Crippen molar-refractivity contribution in [3.05, 3.63) is 24.0 Å². The molecule has 1 aromatic heterocycles. The normalized spacial score (nSPS) is 10.3. The molecule has 10 heavy (non-hydrogen) atoms. The highest BCUT2D eigenvalue weighted by molar-refractivity contribution is 5.42. The standard InChI is InChI=1S/C6H6F2N2/c7-6(8)5-4(9)2-1-3-10-5/h1-3,6H,9H2. The molecule has 0 amide bonds. The molecule has 0 fully saturated rings. The summed E-state index contributed by atoms with van der Waals surface area (Å²) in [5.41, 5.74) is 4.87. The highest BCUT2D eigenvalue weighted by Crippen LogP contribution is 2.20. The van der Waals surface area contributed by atoms with Crippen molar-refractivity contribution in [1.29, 1.82) is 0 Å². The van der Waals surface area contributed by atoms with E-state index < -0.39 is 6.43 Å². The van der Waals surface area contributed by atoms with Crippen molar-refractivity contribution < 1.29 is 8.78 Å². The molecule has 0 aliphatic carbocycles. The number of nitrogens with zero attached hydrogens (tertiary/aromatic N) is 1. The summed E-state index contributed by atoms with van der Waals surface area (Å²) in [6, 6.07) is 2.91. The summed E-state index contributed by atoms with van der Waals surface area (Å²) in [5.74, 6) is 0. The summed E-state index contributed by atoms with van der Waals surface area (Å²) < 4.78 is 23.8. The highest BCUT2D eigenvalue weighted by atomic mass is 19.3. The van der Waals surface area contributed by atoms with Crippen LogP contribution in [0.4, 0.5) is 14.5 Å².